The van der Waals surface area contributed by atoms with Gasteiger partial charge in [-0.15, -0.1) is 0 Å². The SMILES string of the molecule is COc1ccc(CN(Cc2ccc(OC)cc2)C(=O)n2ccc3ccc(Br)nc32)cc1. The molecule has 0 aliphatic carbocycles. The Morgan fingerprint density at radius 3 is 1.94 bits per heavy atom. The highest BCUT2D eigenvalue weighted by molar-refractivity contribution is 9.10. The maximum Gasteiger partial charge on any atom is 0.330 e. The van der Waals surface area contributed by atoms with Gasteiger partial charge in [-0.2, -0.15) is 0 Å². The van der Waals surface area contributed by atoms with Crippen molar-refractivity contribution in [3.63, 3.8) is 0 Å². The fourth-order valence-corrected chi connectivity index (χ4v) is 3.69. The summed E-state index contributed by atoms with van der Waals surface area (Å²) in [7, 11) is 3.27. The van der Waals surface area contributed by atoms with Gasteiger partial charge in [-0.3, -0.25) is 4.57 Å². The second kappa shape index (κ2) is 9.22. The molecule has 4 aromatic rings. The van der Waals surface area contributed by atoms with E-state index in [0.29, 0.717) is 23.3 Å². The molecular formula is C24H22BrN3O3. The molecule has 0 N–H and O–H groups in total. The lowest BCUT2D eigenvalue weighted by Gasteiger charge is -2.24. The first-order valence-corrected chi connectivity index (χ1v) is 10.6. The second-order valence-corrected chi connectivity index (χ2v) is 7.88. The minimum atomic E-state index is -0.146. The zero-order chi connectivity index (χ0) is 21.8. The highest BCUT2D eigenvalue weighted by Gasteiger charge is 2.19. The molecule has 158 valence electrons. The third-order valence-corrected chi connectivity index (χ3v) is 5.49. The van der Waals surface area contributed by atoms with Crippen LogP contribution in [0.5, 0.6) is 11.5 Å². The number of fused-ring (bicyclic) bond motifs is 1. The van der Waals surface area contributed by atoms with Gasteiger partial charge in [0.25, 0.3) is 0 Å². The average molecular weight is 480 g/mol. The molecule has 0 unspecified atom stereocenters. The molecule has 0 spiro atoms. The van der Waals surface area contributed by atoms with Crippen molar-refractivity contribution in [1.29, 1.82) is 0 Å². The summed E-state index contributed by atoms with van der Waals surface area (Å²) in [6.45, 7) is 0.894. The van der Waals surface area contributed by atoms with Crippen molar-refractivity contribution in [3.05, 3.63) is 88.7 Å². The Morgan fingerprint density at radius 1 is 0.871 bits per heavy atom. The zero-order valence-corrected chi connectivity index (χ0v) is 18.9. The van der Waals surface area contributed by atoms with E-state index < -0.39 is 0 Å². The number of aromatic nitrogens is 2. The van der Waals surface area contributed by atoms with Crippen LogP contribution in [0.4, 0.5) is 4.79 Å². The average Bonchev–Trinajstić information content (AvgIpc) is 3.22. The fourth-order valence-electron chi connectivity index (χ4n) is 3.39. The largest absolute Gasteiger partial charge is 0.497 e. The number of rotatable bonds is 6. The van der Waals surface area contributed by atoms with Crippen LogP contribution in [-0.2, 0) is 13.1 Å². The van der Waals surface area contributed by atoms with Gasteiger partial charge in [0.05, 0.1) is 14.2 Å². The highest BCUT2D eigenvalue weighted by atomic mass is 79.9. The molecule has 1 amide bonds. The number of nitrogens with zero attached hydrogens (tertiary/aromatic N) is 3. The predicted molar refractivity (Wildman–Crippen MR) is 123 cm³/mol. The molecule has 0 aliphatic rings. The Labute approximate surface area is 189 Å². The Balaban J connectivity index is 1.66. The molecule has 2 heterocycles. The van der Waals surface area contributed by atoms with Crippen molar-refractivity contribution < 1.29 is 14.3 Å². The summed E-state index contributed by atoms with van der Waals surface area (Å²) in [4.78, 5) is 19.9. The lowest BCUT2D eigenvalue weighted by molar-refractivity contribution is 0.195. The molecule has 31 heavy (non-hydrogen) atoms. The van der Waals surface area contributed by atoms with E-state index in [1.807, 2.05) is 66.7 Å². The van der Waals surface area contributed by atoms with Crippen molar-refractivity contribution in [2.24, 2.45) is 0 Å². The van der Waals surface area contributed by atoms with Crippen LogP contribution in [0, 0.1) is 0 Å². The number of carbonyl (C=O) groups is 1. The predicted octanol–water partition coefficient (Wildman–Crippen LogP) is 5.49. The number of amides is 1. The van der Waals surface area contributed by atoms with Gasteiger partial charge in [-0.25, -0.2) is 9.78 Å². The minimum absolute atomic E-state index is 0.146. The maximum absolute atomic E-state index is 13.6. The van der Waals surface area contributed by atoms with Crippen molar-refractivity contribution in [3.8, 4) is 11.5 Å². The van der Waals surface area contributed by atoms with Gasteiger partial charge in [-0.05, 0) is 69.5 Å². The summed E-state index contributed by atoms with van der Waals surface area (Å²) in [6.07, 6.45) is 1.77. The first-order chi connectivity index (χ1) is 15.1. The van der Waals surface area contributed by atoms with Crippen molar-refractivity contribution in [2.75, 3.05) is 14.2 Å². The van der Waals surface area contributed by atoms with Crippen molar-refractivity contribution >= 4 is 33.0 Å². The summed E-state index contributed by atoms with van der Waals surface area (Å²) >= 11 is 3.40. The molecular weight excluding hydrogens is 458 g/mol. The van der Waals surface area contributed by atoms with Gasteiger partial charge in [-0.1, -0.05) is 24.3 Å². The second-order valence-electron chi connectivity index (χ2n) is 7.07. The number of halogens is 1. The molecule has 0 atom stereocenters. The third-order valence-electron chi connectivity index (χ3n) is 5.04. The van der Waals surface area contributed by atoms with Crippen LogP contribution in [0.1, 0.15) is 11.1 Å². The van der Waals surface area contributed by atoms with Crippen LogP contribution >= 0.6 is 15.9 Å². The van der Waals surface area contributed by atoms with Gasteiger partial charge in [0.2, 0.25) is 0 Å². The van der Waals surface area contributed by atoms with E-state index in [1.54, 1.807) is 29.9 Å². The Morgan fingerprint density at radius 2 is 1.42 bits per heavy atom. The van der Waals surface area contributed by atoms with E-state index in [1.165, 1.54) is 0 Å². The Kier molecular flexibility index (Phi) is 6.23. The number of benzene rings is 2. The molecule has 7 heteroatoms. The Bertz CT molecular complexity index is 1140. The molecule has 4 rings (SSSR count). The monoisotopic (exact) mass is 479 g/mol. The fraction of sp³-hybridized carbons (Fsp3) is 0.167. The maximum atomic E-state index is 13.6. The molecule has 0 fully saturated rings. The molecule has 0 aliphatic heterocycles. The number of ether oxygens (including phenoxy) is 2. The lowest BCUT2D eigenvalue weighted by Crippen LogP contribution is -2.33. The van der Waals surface area contributed by atoms with Crippen molar-refractivity contribution in [1.82, 2.24) is 14.5 Å². The van der Waals surface area contributed by atoms with Crippen LogP contribution in [0.2, 0.25) is 0 Å². The molecule has 2 aromatic carbocycles. The summed E-state index contributed by atoms with van der Waals surface area (Å²) in [5, 5.41) is 0.908. The smallest absolute Gasteiger partial charge is 0.330 e. The minimum Gasteiger partial charge on any atom is -0.497 e. The number of carbonyl (C=O) groups excluding carboxylic acids is 1. The molecule has 2 aromatic heterocycles. The number of methoxy groups -OCH3 is 2. The number of hydrogen-bond acceptors (Lipinski definition) is 4. The molecule has 0 saturated heterocycles. The normalized spacial score (nSPS) is 10.8. The first kappa shape index (κ1) is 20.9. The van der Waals surface area contributed by atoms with Gasteiger partial charge >= 0.3 is 6.03 Å². The van der Waals surface area contributed by atoms with Crippen molar-refractivity contribution in [2.45, 2.75) is 13.1 Å². The van der Waals surface area contributed by atoms with Crippen LogP contribution in [0.25, 0.3) is 11.0 Å². The van der Waals surface area contributed by atoms with Gasteiger partial charge < -0.3 is 14.4 Å². The summed E-state index contributed by atoms with van der Waals surface area (Å²) in [5.74, 6) is 1.56. The zero-order valence-electron chi connectivity index (χ0n) is 17.3. The third kappa shape index (κ3) is 4.72. The van der Waals surface area contributed by atoms with Crippen LogP contribution in [-0.4, -0.2) is 34.7 Å². The van der Waals surface area contributed by atoms with E-state index in [0.717, 1.165) is 28.0 Å². The van der Waals surface area contributed by atoms with E-state index in [-0.39, 0.29) is 6.03 Å². The topological polar surface area (TPSA) is 56.6 Å². The molecule has 0 bridgehead atoms. The van der Waals surface area contributed by atoms with Crippen LogP contribution in [0.15, 0.2) is 77.5 Å². The van der Waals surface area contributed by atoms with E-state index >= 15 is 0 Å². The summed E-state index contributed by atoms with van der Waals surface area (Å²) < 4.78 is 12.8. The van der Waals surface area contributed by atoms with Gasteiger partial charge in [0.1, 0.15) is 21.7 Å². The van der Waals surface area contributed by atoms with Crippen LogP contribution in [0.3, 0.4) is 0 Å². The van der Waals surface area contributed by atoms with E-state index in [2.05, 4.69) is 20.9 Å². The van der Waals surface area contributed by atoms with Gasteiger partial charge in [0, 0.05) is 24.7 Å². The lowest BCUT2D eigenvalue weighted by atomic mass is 10.1. The van der Waals surface area contributed by atoms with Gasteiger partial charge in [0.15, 0.2) is 0 Å². The quantitative estimate of drug-likeness (QED) is 0.343. The number of pyridine rings is 1. The highest BCUT2D eigenvalue weighted by Crippen LogP contribution is 2.21. The van der Waals surface area contributed by atoms with E-state index in [4.69, 9.17) is 9.47 Å². The molecule has 0 saturated carbocycles. The standard InChI is InChI=1S/C24H22BrN3O3/c1-30-20-8-3-17(4-9-20)15-27(16-18-5-10-21(31-2)11-6-18)24(29)28-14-13-19-7-12-22(25)26-23(19)28/h3-14H,15-16H2,1-2H3. The summed E-state index contributed by atoms with van der Waals surface area (Å²) in [5.41, 5.74) is 2.63. The van der Waals surface area contributed by atoms with E-state index in [9.17, 15) is 4.79 Å². The summed E-state index contributed by atoms with van der Waals surface area (Å²) in [6, 6.07) is 21.0. The van der Waals surface area contributed by atoms with Crippen LogP contribution < -0.4 is 9.47 Å². The Hall–Kier alpha value is -3.32. The number of hydrogen-bond donors (Lipinski definition) is 0. The molecule has 6 nitrogen and oxygen atoms in total. The first-order valence-electron chi connectivity index (χ1n) is 9.76. The molecule has 0 radical (unpaired) electrons.